The maximum atomic E-state index is 12.8. The minimum atomic E-state index is -3.44. The van der Waals surface area contributed by atoms with Gasteiger partial charge < -0.3 is 10.1 Å². The second-order valence-electron chi connectivity index (χ2n) is 7.07. The van der Waals surface area contributed by atoms with E-state index in [1.807, 2.05) is 18.2 Å². The fourth-order valence-corrected chi connectivity index (χ4v) is 4.52. The molecule has 10 heteroatoms. The maximum absolute atomic E-state index is 12.8. The Bertz CT molecular complexity index is 921. The molecule has 3 rings (SSSR count). The Morgan fingerprint density at radius 2 is 1.65 bits per heavy atom. The molecule has 2 aromatic carbocycles. The van der Waals surface area contributed by atoms with E-state index in [2.05, 4.69) is 22.3 Å². The summed E-state index contributed by atoms with van der Waals surface area (Å²) in [6.07, 6.45) is 0. The summed E-state index contributed by atoms with van der Waals surface area (Å²) in [4.78, 5) is 14.1. The van der Waals surface area contributed by atoms with Gasteiger partial charge in [0.25, 0.3) is 5.91 Å². The molecule has 0 radical (unpaired) electrons. The molecule has 0 atom stereocenters. The van der Waals surface area contributed by atoms with Gasteiger partial charge in [0.05, 0.1) is 5.75 Å². The third-order valence-corrected chi connectivity index (χ3v) is 6.71. The zero-order valence-corrected chi connectivity index (χ0v) is 18.7. The Balaban J connectivity index is 0.00000341. The third-order valence-electron chi connectivity index (χ3n) is 4.84. The summed E-state index contributed by atoms with van der Waals surface area (Å²) >= 11 is 0. The lowest BCUT2D eigenvalue weighted by molar-refractivity contribution is -0.122. The number of halogens is 2. The van der Waals surface area contributed by atoms with E-state index >= 15 is 0 Å². The number of nitrogens with zero attached hydrogens (tertiary/aromatic N) is 2. The molecule has 1 N–H and O–H groups in total. The van der Waals surface area contributed by atoms with E-state index in [0.29, 0.717) is 31.9 Å². The van der Waals surface area contributed by atoms with Crippen LogP contribution in [0.1, 0.15) is 5.56 Å². The molecule has 1 heterocycles. The van der Waals surface area contributed by atoms with Gasteiger partial charge in [-0.1, -0.05) is 30.3 Å². The van der Waals surface area contributed by atoms with Crippen molar-refractivity contribution in [2.45, 2.75) is 6.54 Å². The van der Waals surface area contributed by atoms with E-state index in [9.17, 15) is 17.6 Å². The van der Waals surface area contributed by atoms with Crippen LogP contribution >= 0.6 is 12.4 Å². The van der Waals surface area contributed by atoms with Crippen LogP contribution in [0.4, 0.5) is 4.39 Å². The minimum absolute atomic E-state index is 0. The Labute approximate surface area is 188 Å². The third kappa shape index (κ3) is 8.10. The number of sulfonamides is 1. The van der Waals surface area contributed by atoms with Crippen LogP contribution in [0.15, 0.2) is 54.6 Å². The van der Waals surface area contributed by atoms with Crippen molar-refractivity contribution in [2.75, 3.05) is 45.1 Å². The normalized spacial score (nSPS) is 15.1. The molecule has 2 aromatic rings. The van der Waals surface area contributed by atoms with Crippen LogP contribution in [-0.4, -0.2) is 68.6 Å². The second kappa shape index (κ2) is 12.0. The number of hydrogen-bond acceptors (Lipinski definition) is 5. The average Bonchev–Trinajstić information content (AvgIpc) is 2.74. The predicted molar refractivity (Wildman–Crippen MR) is 119 cm³/mol. The number of rotatable bonds is 9. The first-order valence-electron chi connectivity index (χ1n) is 9.81. The van der Waals surface area contributed by atoms with Crippen LogP contribution in [0, 0.1) is 5.82 Å². The van der Waals surface area contributed by atoms with E-state index in [4.69, 9.17) is 4.74 Å². The Kier molecular flexibility index (Phi) is 9.70. The summed E-state index contributed by atoms with van der Waals surface area (Å²) in [6.45, 7) is 2.78. The molecular weight excluding hydrogens is 445 g/mol. The summed E-state index contributed by atoms with van der Waals surface area (Å²) in [5, 5.41) is 2.55. The van der Waals surface area contributed by atoms with Gasteiger partial charge in [0.15, 0.2) is 6.61 Å². The number of nitrogens with one attached hydrogen (secondary N) is 1. The number of carbonyl (C=O) groups is 1. The highest BCUT2D eigenvalue weighted by Gasteiger charge is 2.26. The number of benzene rings is 2. The van der Waals surface area contributed by atoms with Crippen molar-refractivity contribution < 1.29 is 22.3 Å². The van der Waals surface area contributed by atoms with Gasteiger partial charge in [-0.2, -0.15) is 4.31 Å². The van der Waals surface area contributed by atoms with Gasteiger partial charge in [0, 0.05) is 39.3 Å². The maximum Gasteiger partial charge on any atom is 0.257 e. The number of hydrogen-bond donors (Lipinski definition) is 1. The summed E-state index contributed by atoms with van der Waals surface area (Å²) < 4.78 is 44.6. The van der Waals surface area contributed by atoms with Gasteiger partial charge in [-0.15, -0.1) is 12.4 Å². The van der Waals surface area contributed by atoms with Crippen LogP contribution < -0.4 is 10.1 Å². The lowest BCUT2D eigenvalue weighted by Gasteiger charge is -2.34. The van der Waals surface area contributed by atoms with Crippen molar-refractivity contribution in [3.05, 3.63) is 66.0 Å². The molecule has 1 aliphatic rings. The molecule has 0 bridgehead atoms. The van der Waals surface area contributed by atoms with E-state index in [0.717, 1.165) is 6.54 Å². The monoisotopic (exact) mass is 471 g/mol. The highest BCUT2D eigenvalue weighted by atomic mass is 35.5. The van der Waals surface area contributed by atoms with Crippen molar-refractivity contribution in [2.24, 2.45) is 0 Å². The van der Waals surface area contributed by atoms with Gasteiger partial charge in [-0.3, -0.25) is 9.69 Å². The Morgan fingerprint density at radius 3 is 2.29 bits per heavy atom. The molecule has 7 nitrogen and oxygen atoms in total. The van der Waals surface area contributed by atoms with Crippen molar-refractivity contribution in [3.63, 3.8) is 0 Å². The summed E-state index contributed by atoms with van der Waals surface area (Å²) in [6, 6.07) is 15.4. The minimum Gasteiger partial charge on any atom is -0.484 e. The fraction of sp³-hybridized carbons (Fsp3) is 0.381. The molecule has 1 fully saturated rings. The van der Waals surface area contributed by atoms with Crippen LogP contribution in [0.25, 0.3) is 0 Å². The molecule has 170 valence electrons. The van der Waals surface area contributed by atoms with Gasteiger partial charge >= 0.3 is 0 Å². The number of ether oxygens (including phenoxy) is 1. The quantitative estimate of drug-likeness (QED) is 0.604. The molecule has 1 amide bonds. The SMILES string of the molecule is Cl.O=C(COc1ccc(F)cc1)NCCS(=O)(=O)N1CCN(Cc2ccccc2)CC1. The van der Waals surface area contributed by atoms with Crippen molar-refractivity contribution in [3.8, 4) is 5.75 Å². The van der Waals surface area contributed by atoms with E-state index in [1.165, 1.54) is 34.1 Å². The Hall–Kier alpha value is -2.20. The zero-order chi connectivity index (χ0) is 21.4. The second-order valence-corrected chi connectivity index (χ2v) is 9.16. The first kappa shape index (κ1) is 25.1. The first-order valence-corrected chi connectivity index (χ1v) is 11.4. The van der Waals surface area contributed by atoms with E-state index < -0.39 is 21.7 Å². The van der Waals surface area contributed by atoms with Crippen molar-refractivity contribution in [1.29, 1.82) is 0 Å². The first-order chi connectivity index (χ1) is 14.4. The molecule has 1 aliphatic heterocycles. The molecule has 0 aliphatic carbocycles. The molecule has 0 aromatic heterocycles. The molecule has 1 saturated heterocycles. The van der Waals surface area contributed by atoms with Crippen molar-refractivity contribution >= 4 is 28.3 Å². The van der Waals surface area contributed by atoms with E-state index in [1.54, 1.807) is 0 Å². The van der Waals surface area contributed by atoms with Crippen molar-refractivity contribution in [1.82, 2.24) is 14.5 Å². The summed E-state index contributed by atoms with van der Waals surface area (Å²) in [7, 11) is -3.44. The molecular formula is C21H27ClFN3O4S. The lowest BCUT2D eigenvalue weighted by atomic mass is 10.2. The predicted octanol–water partition coefficient (Wildman–Crippen LogP) is 1.89. The average molecular weight is 472 g/mol. The van der Waals surface area contributed by atoms with Crippen LogP contribution in [0.2, 0.25) is 0 Å². The van der Waals surface area contributed by atoms with Gasteiger partial charge in [-0.25, -0.2) is 12.8 Å². The molecule has 0 spiro atoms. The smallest absolute Gasteiger partial charge is 0.257 e. The molecule has 0 saturated carbocycles. The molecule has 31 heavy (non-hydrogen) atoms. The van der Waals surface area contributed by atoms with Gasteiger partial charge in [-0.05, 0) is 29.8 Å². The Morgan fingerprint density at radius 1 is 1.00 bits per heavy atom. The fourth-order valence-electron chi connectivity index (χ4n) is 3.19. The van der Waals surface area contributed by atoms with Gasteiger partial charge in [0.1, 0.15) is 11.6 Å². The van der Waals surface area contributed by atoms with Gasteiger partial charge in [0.2, 0.25) is 10.0 Å². The topological polar surface area (TPSA) is 78.9 Å². The largest absolute Gasteiger partial charge is 0.484 e. The highest BCUT2D eigenvalue weighted by Crippen LogP contribution is 2.12. The van der Waals surface area contributed by atoms with E-state index in [-0.39, 0.29) is 31.3 Å². The summed E-state index contributed by atoms with van der Waals surface area (Å²) in [5.41, 5.74) is 1.21. The lowest BCUT2D eigenvalue weighted by Crippen LogP contribution is -2.49. The van der Waals surface area contributed by atoms with Crippen LogP contribution in [0.3, 0.4) is 0 Å². The zero-order valence-electron chi connectivity index (χ0n) is 17.1. The number of piperazine rings is 1. The van der Waals surface area contributed by atoms with Crippen LogP contribution in [-0.2, 0) is 21.4 Å². The highest BCUT2D eigenvalue weighted by molar-refractivity contribution is 7.89. The number of carbonyl (C=O) groups excluding carboxylic acids is 1. The standard InChI is InChI=1S/C21H26FN3O4S.ClH/c22-19-6-8-20(9-7-19)29-17-21(26)23-10-15-30(27,28)25-13-11-24(12-14-25)16-18-4-2-1-3-5-18;/h1-9H,10-17H2,(H,23,26);1H. The van der Waals surface area contributed by atoms with Crippen LogP contribution in [0.5, 0.6) is 5.75 Å². The summed E-state index contributed by atoms with van der Waals surface area (Å²) in [5.74, 6) is -0.610. The molecule has 0 unspecified atom stereocenters. The number of amides is 1.